The molecule has 0 saturated carbocycles. The van der Waals surface area contributed by atoms with E-state index in [9.17, 15) is 14.4 Å². The van der Waals surface area contributed by atoms with Crippen LogP contribution in [0.2, 0.25) is 0 Å². The third-order valence-electron chi connectivity index (χ3n) is 3.29. The van der Waals surface area contributed by atoms with E-state index in [2.05, 4.69) is 4.98 Å². The highest BCUT2D eigenvalue weighted by molar-refractivity contribution is 5.88. The maximum atomic E-state index is 12.4. The average molecular weight is 280 g/mol. The number of hydrogen-bond acceptors (Lipinski definition) is 4. The Kier molecular flexibility index (Phi) is 3.47. The van der Waals surface area contributed by atoms with E-state index in [1.165, 1.54) is 23.2 Å². The van der Waals surface area contributed by atoms with Gasteiger partial charge < -0.3 is 9.67 Å². The molecule has 2 aromatic heterocycles. The molecular weight excluding hydrogens is 264 g/mol. The van der Waals surface area contributed by atoms with E-state index in [4.69, 9.17) is 5.11 Å². The molecule has 0 unspecified atom stereocenters. The van der Waals surface area contributed by atoms with Gasteiger partial charge in [-0.1, -0.05) is 13.3 Å². The van der Waals surface area contributed by atoms with Crippen molar-refractivity contribution in [2.24, 2.45) is 14.1 Å². The van der Waals surface area contributed by atoms with Gasteiger partial charge in [0, 0.05) is 20.6 Å². The molecule has 0 aliphatic heterocycles. The number of carboxylic acids is 1. The molecule has 0 saturated heterocycles. The second kappa shape index (κ2) is 4.95. The minimum Gasteiger partial charge on any atom is -0.475 e. The normalized spacial score (nSPS) is 11.2. The van der Waals surface area contributed by atoms with Gasteiger partial charge in [-0.15, -0.1) is 0 Å². The first-order chi connectivity index (χ1) is 9.40. The largest absolute Gasteiger partial charge is 0.475 e. The highest BCUT2D eigenvalue weighted by atomic mass is 16.4. The van der Waals surface area contributed by atoms with Crippen molar-refractivity contribution in [1.29, 1.82) is 0 Å². The quantitative estimate of drug-likeness (QED) is 0.845. The summed E-state index contributed by atoms with van der Waals surface area (Å²) in [4.78, 5) is 39.4. The number of carbonyl (C=O) groups is 1. The predicted molar refractivity (Wildman–Crippen MR) is 72.1 cm³/mol. The summed E-state index contributed by atoms with van der Waals surface area (Å²) in [6.45, 7) is 2.27. The average Bonchev–Trinajstić information content (AvgIpc) is 2.74. The molecule has 0 radical (unpaired) electrons. The van der Waals surface area contributed by atoms with Crippen LogP contribution in [0.25, 0.3) is 11.2 Å². The molecule has 2 aromatic rings. The van der Waals surface area contributed by atoms with Crippen molar-refractivity contribution >= 4 is 17.1 Å². The first kappa shape index (κ1) is 14.0. The molecule has 20 heavy (non-hydrogen) atoms. The molecule has 0 fully saturated rings. The Morgan fingerprint density at radius 3 is 2.45 bits per heavy atom. The number of aromatic nitrogens is 4. The summed E-state index contributed by atoms with van der Waals surface area (Å²) >= 11 is 0. The summed E-state index contributed by atoms with van der Waals surface area (Å²) in [5.74, 6) is -1.50. The Morgan fingerprint density at radius 1 is 1.25 bits per heavy atom. The van der Waals surface area contributed by atoms with Crippen molar-refractivity contribution in [1.82, 2.24) is 18.7 Å². The van der Waals surface area contributed by atoms with Crippen molar-refractivity contribution in [2.75, 3.05) is 0 Å². The maximum Gasteiger partial charge on any atom is 0.372 e. The van der Waals surface area contributed by atoms with E-state index in [1.54, 1.807) is 0 Å². The van der Waals surface area contributed by atoms with E-state index >= 15 is 0 Å². The Balaban J connectivity index is 2.87. The Hall–Kier alpha value is -2.38. The van der Waals surface area contributed by atoms with Crippen molar-refractivity contribution in [2.45, 2.75) is 26.3 Å². The van der Waals surface area contributed by atoms with Crippen LogP contribution < -0.4 is 11.2 Å². The Bertz CT molecular complexity index is 796. The van der Waals surface area contributed by atoms with E-state index in [1.807, 2.05) is 6.92 Å². The van der Waals surface area contributed by atoms with Crippen LogP contribution >= 0.6 is 0 Å². The lowest BCUT2D eigenvalue weighted by Crippen LogP contribution is -2.39. The summed E-state index contributed by atoms with van der Waals surface area (Å²) in [6, 6.07) is 0. The molecule has 0 atom stereocenters. The lowest BCUT2D eigenvalue weighted by atomic mass is 10.3. The zero-order valence-electron chi connectivity index (χ0n) is 11.6. The van der Waals surface area contributed by atoms with Gasteiger partial charge in [0.15, 0.2) is 11.2 Å². The summed E-state index contributed by atoms with van der Waals surface area (Å²) < 4.78 is 3.54. The highest BCUT2D eigenvalue weighted by Gasteiger charge is 2.21. The molecule has 2 rings (SSSR count). The summed E-state index contributed by atoms with van der Waals surface area (Å²) in [5.41, 5.74) is -0.765. The van der Waals surface area contributed by atoms with E-state index < -0.39 is 17.2 Å². The molecule has 8 nitrogen and oxygen atoms in total. The topological polar surface area (TPSA) is 99.1 Å². The van der Waals surface area contributed by atoms with E-state index in [0.29, 0.717) is 13.0 Å². The fourth-order valence-electron chi connectivity index (χ4n) is 2.15. The fraction of sp³-hybridized carbons (Fsp3) is 0.500. The van der Waals surface area contributed by atoms with Crippen LogP contribution in [0.1, 0.15) is 30.4 Å². The van der Waals surface area contributed by atoms with Crippen LogP contribution in [0, 0.1) is 0 Å². The molecule has 8 heteroatoms. The first-order valence-corrected chi connectivity index (χ1v) is 6.29. The third-order valence-corrected chi connectivity index (χ3v) is 3.29. The molecule has 0 aliphatic carbocycles. The van der Waals surface area contributed by atoms with Crippen LogP contribution in [0.15, 0.2) is 9.59 Å². The number of unbranched alkanes of at least 4 members (excludes halogenated alkanes) is 1. The molecular formula is C12H16N4O4. The number of fused-ring (bicyclic) bond motifs is 1. The zero-order chi connectivity index (χ0) is 15.0. The van der Waals surface area contributed by atoms with Crippen molar-refractivity contribution < 1.29 is 9.90 Å². The van der Waals surface area contributed by atoms with Gasteiger partial charge in [-0.05, 0) is 6.42 Å². The van der Waals surface area contributed by atoms with E-state index in [0.717, 1.165) is 11.0 Å². The molecule has 0 aromatic carbocycles. The van der Waals surface area contributed by atoms with Gasteiger partial charge in [0.05, 0.1) is 0 Å². The molecule has 0 spiro atoms. The van der Waals surface area contributed by atoms with Gasteiger partial charge in [-0.3, -0.25) is 13.9 Å². The van der Waals surface area contributed by atoms with Gasteiger partial charge >= 0.3 is 11.7 Å². The molecule has 2 heterocycles. The van der Waals surface area contributed by atoms with Gasteiger partial charge in [0.1, 0.15) is 0 Å². The van der Waals surface area contributed by atoms with Crippen LogP contribution in [-0.4, -0.2) is 29.8 Å². The van der Waals surface area contributed by atoms with Gasteiger partial charge in [0.25, 0.3) is 5.56 Å². The minimum absolute atomic E-state index is 0.0904. The summed E-state index contributed by atoms with van der Waals surface area (Å²) in [5, 5.41) is 9.05. The SMILES string of the molecule is CCCCn1c(=O)c2c(nc(C(=O)O)n2C)n(C)c1=O. The summed E-state index contributed by atoms with van der Waals surface area (Å²) in [6.07, 6.45) is 1.55. The molecule has 108 valence electrons. The number of nitrogens with zero attached hydrogens (tertiary/aromatic N) is 4. The van der Waals surface area contributed by atoms with Gasteiger partial charge in [-0.25, -0.2) is 14.6 Å². The third kappa shape index (κ3) is 1.93. The second-order valence-corrected chi connectivity index (χ2v) is 4.62. The number of rotatable bonds is 4. The number of hydrogen-bond donors (Lipinski definition) is 1. The smallest absolute Gasteiger partial charge is 0.372 e. The number of aryl methyl sites for hydroxylation is 2. The van der Waals surface area contributed by atoms with Gasteiger partial charge in [0.2, 0.25) is 5.82 Å². The fourth-order valence-corrected chi connectivity index (χ4v) is 2.15. The lowest BCUT2D eigenvalue weighted by Gasteiger charge is -2.07. The predicted octanol–water partition coefficient (Wildman–Crippen LogP) is -0.0680. The second-order valence-electron chi connectivity index (χ2n) is 4.62. The zero-order valence-corrected chi connectivity index (χ0v) is 11.6. The standard InChI is InChI=1S/C12H16N4O4/c1-4-5-6-16-10(17)7-8(15(3)12(16)20)13-9(11(18)19)14(7)2/h4-6H2,1-3H3,(H,18,19). The molecule has 0 aliphatic rings. The van der Waals surface area contributed by atoms with Gasteiger partial charge in [-0.2, -0.15) is 0 Å². The molecule has 1 N–H and O–H groups in total. The van der Waals surface area contributed by atoms with Crippen LogP contribution in [0.4, 0.5) is 0 Å². The van der Waals surface area contributed by atoms with Crippen LogP contribution in [0.5, 0.6) is 0 Å². The Labute approximate surface area is 113 Å². The number of imidazole rings is 1. The molecule has 0 amide bonds. The van der Waals surface area contributed by atoms with Crippen LogP contribution in [-0.2, 0) is 20.6 Å². The van der Waals surface area contributed by atoms with E-state index in [-0.39, 0.29) is 17.0 Å². The van der Waals surface area contributed by atoms with Crippen molar-refractivity contribution in [3.8, 4) is 0 Å². The highest BCUT2D eigenvalue weighted by Crippen LogP contribution is 2.09. The lowest BCUT2D eigenvalue weighted by molar-refractivity contribution is 0.0680. The minimum atomic E-state index is -1.24. The molecule has 0 bridgehead atoms. The van der Waals surface area contributed by atoms with Crippen molar-refractivity contribution in [3.05, 3.63) is 26.7 Å². The van der Waals surface area contributed by atoms with Crippen LogP contribution in [0.3, 0.4) is 0 Å². The monoisotopic (exact) mass is 280 g/mol. The summed E-state index contributed by atoms with van der Waals surface area (Å²) in [7, 11) is 2.93. The Morgan fingerprint density at radius 2 is 1.90 bits per heavy atom. The van der Waals surface area contributed by atoms with Crippen molar-refractivity contribution in [3.63, 3.8) is 0 Å². The maximum absolute atomic E-state index is 12.4. The number of aromatic carboxylic acids is 1. The first-order valence-electron chi connectivity index (χ1n) is 6.29. The number of carboxylic acid groups (broad SMARTS) is 1.